The number of guanidine groups is 1. The van der Waals surface area contributed by atoms with Crippen LogP contribution in [0.2, 0.25) is 0 Å². The van der Waals surface area contributed by atoms with E-state index in [1.165, 1.54) is 24.4 Å². The van der Waals surface area contributed by atoms with Crippen LogP contribution in [0.1, 0.15) is 5.56 Å². The first-order chi connectivity index (χ1) is 6.58. The van der Waals surface area contributed by atoms with Crippen molar-refractivity contribution in [3.05, 3.63) is 23.8 Å². The molecule has 0 atom stereocenters. The average molecular weight is 231 g/mol. The Kier molecular flexibility index (Phi) is 4.97. The highest BCUT2D eigenvalue weighted by atomic mass is 35.5. The molecule has 0 spiro atoms. The van der Waals surface area contributed by atoms with Crippen LogP contribution < -0.4 is 11.5 Å². The molecule has 0 amide bonds. The molecule has 0 unspecified atom stereocenters. The Balaban J connectivity index is 0.00000196. The standard InChI is InChI=1S/C8H10N4O2.ClH/c9-8(10)12-11-4-5-1-6(13)3-7(14)2-5;/h1-4,13-14H,(H4,9,10,12);1H/b11-4+;. The van der Waals surface area contributed by atoms with Gasteiger partial charge in [0.05, 0.1) is 6.21 Å². The second kappa shape index (κ2) is 5.71. The van der Waals surface area contributed by atoms with Crippen molar-refractivity contribution in [2.24, 2.45) is 21.7 Å². The third kappa shape index (κ3) is 4.72. The summed E-state index contributed by atoms with van der Waals surface area (Å²) in [6.45, 7) is 0. The summed E-state index contributed by atoms with van der Waals surface area (Å²) in [5, 5.41) is 25.1. The molecule has 0 aliphatic carbocycles. The van der Waals surface area contributed by atoms with Gasteiger partial charge in [-0.25, -0.2) is 0 Å². The topological polar surface area (TPSA) is 117 Å². The average Bonchev–Trinajstić information content (AvgIpc) is 2.01. The minimum atomic E-state index is -0.161. The lowest BCUT2D eigenvalue weighted by Gasteiger charge is -1.96. The Labute approximate surface area is 92.3 Å². The van der Waals surface area contributed by atoms with E-state index in [2.05, 4.69) is 10.2 Å². The Hall–Kier alpha value is -1.95. The number of rotatable bonds is 2. The summed E-state index contributed by atoms with van der Waals surface area (Å²) < 4.78 is 0. The lowest BCUT2D eigenvalue weighted by Crippen LogP contribution is -2.21. The first-order valence-corrected chi connectivity index (χ1v) is 3.73. The molecular formula is C8H11ClN4O2. The van der Waals surface area contributed by atoms with E-state index in [9.17, 15) is 0 Å². The molecule has 0 saturated carbocycles. The predicted molar refractivity (Wildman–Crippen MR) is 60.4 cm³/mol. The van der Waals surface area contributed by atoms with Crippen LogP contribution in [0, 0.1) is 0 Å². The molecule has 0 aromatic heterocycles. The van der Waals surface area contributed by atoms with Crippen LogP contribution in [0.25, 0.3) is 0 Å². The van der Waals surface area contributed by atoms with Crippen molar-refractivity contribution in [3.8, 4) is 11.5 Å². The Morgan fingerprint density at radius 3 is 2.13 bits per heavy atom. The van der Waals surface area contributed by atoms with Gasteiger partial charge in [0.15, 0.2) is 0 Å². The predicted octanol–water partition coefficient (Wildman–Crippen LogP) is 0.127. The number of phenols is 2. The first-order valence-electron chi connectivity index (χ1n) is 3.73. The normalized spacial score (nSPS) is 9.60. The van der Waals surface area contributed by atoms with Gasteiger partial charge in [-0.1, -0.05) is 0 Å². The second-order valence-electron chi connectivity index (χ2n) is 2.55. The van der Waals surface area contributed by atoms with Gasteiger partial charge >= 0.3 is 0 Å². The van der Waals surface area contributed by atoms with Crippen molar-refractivity contribution in [2.75, 3.05) is 0 Å². The van der Waals surface area contributed by atoms with E-state index in [-0.39, 0.29) is 29.9 Å². The fraction of sp³-hybridized carbons (Fsp3) is 0. The summed E-state index contributed by atoms with van der Waals surface area (Å²) in [7, 11) is 0. The molecule has 7 heteroatoms. The van der Waals surface area contributed by atoms with Crippen LogP contribution in [-0.2, 0) is 0 Å². The summed E-state index contributed by atoms with van der Waals surface area (Å²) in [6.07, 6.45) is 1.30. The molecule has 15 heavy (non-hydrogen) atoms. The van der Waals surface area contributed by atoms with Crippen LogP contribution in [0.5, 0.6) is 11.5 Å². The van der Waals surface area contributed by atoms with E-state index in [4.69, 9.17) is 21.7 Å². The zero-order valence-electron chi connectivity index (χ0n) is 7.66. The number of nitrogens with zero attached hydrogens (tertiary/aromatic N) is 2. The second-order valence-corrected chi connectivity index (χ2v) is 2.55. The van der Waals surface area contributed by atoms with Gasteiger partial charge in [-0.2, -0.15) is 5.10 Å². The molecule has 0 saturated heterocycles. The van der Waals surface area contributed by atoms with E-state index >= 15 is 0 Å². The SMILES string of the molecule is Cl.NC(N)=N/N=C/c1cc(O)cc(O)c1. The summed E-state index contributed by atoms with van der Waals surface area (Å²) in [5.74, 6) is -0.280. The van der Waals surface area contributed by atoms with Gasteiger partial charge in [0.1, 0.15) is 11.5 Å². The maximum atomic E-state index is 9.10. The highest BCUT2D eigenvalue weighted by molar-refractivity contribution is 5.85. The summed E-state index contributed by atoms with van der Waals surface area (Å²) in [6, 6.07) is 4.02. The summed E-state index contributed by atoms with van der Waals surface area (Å²) in [5.41, 5.74) is 10.6. The zero-order chi connectivity index (χ0) is 10.6. The van der Waals surface area contributed by atoms with E-state index < -0.39 is 0 Å². The van der Waals surface area contributed by atoms with Gasteiger partial charge in [0.2, 0.25) is 5.96 Å². The number of nitrogens with two attached hydrogens (primary N) is 2. The molecule has 0 fully saturated rings. The summed E-state index contributed by atoms with van der Waals surface area (Å²) >= 11 is 0. The molecule has 82 valence electrons. The van der Waals surface area contributed by atoms with Crippen molar-refractivity contribution < 1.29 is 10.2 Å². The molecule has 0 aliphatic rings. The molecule has 6 nitrogen and oxygen atoms in total. The molecule has 1 aromatic rings. The van der Waals surface area contributed by atoms with Gasteiger partial charge in [-0.05, 0) is 12.1 Å². The van der Waals surface area contributed by atoms with Gasteiger partial charge < -0.3 is 21.7 Å². The van der Waals surface area contributed by atoms with Crippen molar-refractivity contribution >= 4 is 24.6 Å². The molecule has 1 rings (SSSR count). The van der Waals surface area contributed by atoms with Crippen molar-refractivity contribution in [1.29, 1.82) is 0 Å². The van der Waals surface area contributed by atoms with Crippen LogP contribution >= 0.6 is 12.4 Å². The Morgan fingerprint density at radius 2 is 1.67 bits per heavy atom. The number of halogens is 1. The Bertz CT molecular complexity index is 368. The molecule has 0 aliphatic heterocycles. The van der Waals surface area contributed by atoms with Crippen molar-refractivity contribution in [3.63, 3.8) is 0 Å². The third-order valence-corrected chi connectivity index (χ3v) is 1.30. The van der Waals surface area contributed by atoms with Crippen molar-refractivity contribution in [1.82, 2.24) is 0 Å². The summed E-state index contributed by atoms with van der Waals surface area (Å²) in [4.78, 5) is 0. The van der Waals surface area contributed by atoms with Crippen LogP contribution in [0.15, 0.2) is 28.4 Å². The molecule has 0 heterocycles. The fourth-order valence-corrected chi connectivity index (χ4v) is 0.855. The number of hydrogen-bond donors (Lipinski definition) is 4. The molecular weight excluding hydrogens is 220 g/mol. The maximum Gasteiger partial charge on any atom is 0.211 e. The Morgan fingerprint density at radius 1 is 1.13 bits per heavy atom. The molecule has 0 radical (unpaired) electrons. The smallest absolute Gasteiger partial charge is 0.211 e. The molecule has 1 aromatic carbocycles. The van der Waals surface area contributed by atoms with Crippen molar-refractivity contribution in [2.45, 2.75) is 0 Å². The number of phenolic OH excluding ortho intramolecular Hbond substituents is 2. The minimum absolute atomic E-state index is 0. The van der Waals surface area contributed by atoms with Crippen LogP contribution in [0.3, 0.4) is 0 Å². The fourth-order valence-electron chi connectivity index (χ4n) is 0.855. The van der Waals surface area contributed by atoms with E-state index in [0.717, 1.165) is 0 Å². The van der Waals surface area contributed by atoms with E-state index in [1.807, 2.05) is 0 Å². The number of benzene rings is 1. The van der Waals surface area contributed by atoms with Gasteiger partial charge in [0.25, 0.3) is 0 Å². The van der Waals surface area contributed by atoms with Crippen LogP contribution in [0.4, 0.5) is 0 Å². The van der Waals surface area contributed by atoms with Gasteiger partial charge in [-0.3, -0.25) is 0 Å². The largest absolute Gasteiger partial charge is 0.508 e. The minimum Gasteiger partial charge on any atom is -0.508 e. The van der Waals surface area contributed by atoms with Crippen LogP contribution in [-0.4, -0.2) is 22.4 Å². The first kappa shape index (κ1) is 13.1. The maximum absolute atomic E-state index is 9.10. The highest BCUT2D eigenvalue weighted by Crippen LogP contribution is 2.18. The molecule has 6 N–H and O–H groups in total. The monoisotopic (exact) mass is 230 g/mol. The van der Waals surface area contributed by atoms with E-state index in [0.29, 0.717) is 5.56 Å². The lowest BCUT2D eigenvalue weighted by molar-refractivity contribution is 0.450. The van der Waals surface area contributed by atoms with Gasteiger partial charge in [0, 0.05) is 11.6 Å². The highest BCUT2D eigenvalue weighted by Gasteiger charge is 1.95. The third-order valence-electron chi connectivity index (χ3n) is 1.30. The molecule has 0 bridgehead atoms. The van der Waals surface area contributed by atoms with Gasteiger partial charge in [-0.15, -0.1) is 17.5 Å². The van der Waals surface area contributed by atoms with E-state index in [1.54, 1.807) is 0 Å². The number of hydrogen-bond acceptors (Lipinski definition) is 4. The number of aromatic hydroxyl groups is 2. The zero-order valence-corrected chi connectivity index (χ0v) is 8.48. The lowest BCUT2D eigenvalue weighted by atomic mass is 10.2. The quantitative estimate of drug-likeness (QED) is 0.328.